The average Bonchev–Trinajstić information content (AvgIpc) is 2.96. The van der Waals surface area contributed by atoms with E-state index >= 15 is 0 Å². The van der Waals surface area contributed by atoms with Crippen LogP contribution in [-0.2, 0) is 0 Å². The van der Waals surface area contributed by atoms with Crippen molar-refractivity contribution in [2.24, 2.45) is 0 Å². The van der Waals surface area contributed by atoms with E-state index in [-0.39, 0.29) is 5.56 Å². The van der Waals surface area contributed by atoms with Gasteiger partial charge in [0.2, 0.25) is 0 Å². The van der Waals surface area contributed by atoms with Gasteiger partial charge in [0.25, 0.3) is 5.56 Å². The third-order valence-electron chi connectivity index (χ3n) is 4.84. The van der Waals surface area contributed by atoms with Gasteiger partial charge in [-0.05, 0) is 45.0 Å². The minimum atomic E-state index is -0.170. The monoisotopic (exact) mass is 360 g/mol. The summed E-state index contributed by atoms with van der Waals surface area (Å²) in [7, 11) is 1.64. The second-order valence-corrected chi connectivity index (χ2v) is 6.45. The molecule has 6 heteroatoms. The Kier molecular flexibility index (Phi) is 4.03. The minimum absolute atomic E-state index is 0.170. The van der Waals surface area contributed by atoms with Crippen LogP contribution >= 0.6 is 0 Å². The van der Waals surface area contributed by atoms with E-state index in [1.807, 2.05) is 57.2 Å². The van der Waals surface area contributed by atoms with Crippen LogP contribution < -0.4 is 10.3 Å². The summed E-state index contributed by atoms with van der Waals surface area (Å²) in [4.78, 5) is 17.5. The van der Waals surface area contributed by atoms with E-state index in [4.69, 9.17) is 4.74 Å². The summed E-state index contributed by atoms with van der Waals surface area (Å²) >= 11 is 0. The molecule has 0 amide bonds. The van der Waals surface area contributed by atoms with Crippen molar-refractivity contribution in [3.8, 4) is 17.3 Å². The lowest BCUT2D eigenvalue weighted by molar-refractivity contribution is 0.414. The Hall–Kier alpha value is -3.41. The second-order valence-electron chi connectivity index (χ2n) is 6.45. The summed E-state index contributed by atoms with van der Waals surface area (Å²) in [5, 5.41) is 6.06. The molecule has 0 fully saturated rings. The summed E-state index contributed by atoms with van der Waals surface area (Å²) in [6, 6.07) is 13.2. The van der Waals surface area contributed by atoms with Gasteiger partial charge in [-0.25, -0.2) is 4.98 Å². The molecule has 0 spiro atoms. The number of benzene rings is 1. The largest absolute Gasteiger partial charge is 0.497 e. The van der Waals surface area contributed by atoms with Gasteiger partial charge in [-0.2, -0.15) is 9.78 Å². The molecule has 3 heterocycles. The van der Waals surface area contributed by atoms with Gasteiger partial charge >= 0.3 is 0 Å². The van der Waals surface area contributed by atoms with Crippen LogP contribution in [0.25, 0.3) is 22.3 Å². The first kappa shape index (κ1) is 17.0. The molecule has 4 rings (SSSR count). The second kappa shape index (κ2) is 6.39. The number of nitrogens with zero attached hydrogens (tertiary/aromatic N) is 4. The Labute approximate surface area is 156 Å². The summed E-state index contributed by atoms with van der Waals surface area (Å²) in [5.74, 6) is 1.28. The van der Waals surface area contributed by atoms with Gasteiger partial charge in [0.15, 0.2) is 5.82 Å². The van der Waals surface area contributed by atoms with Crippen LogP contribution in [0.4, 0.5) is 0 Å². The minimum Gasteiger partial charge on any atom is -0.497 e. The normalized spacial score (nSPS) is 11.1. The van der Waals surface area contributed by atoms with Crippen LogP contribution in [0, 0.1) is 20.8 Å². The van der Waals surface area contributed by atoms with Crippen molar-refractivity contribution in [1.82, 2.24) is 19.3 Å². The third kappa shape index (κ3) is 2.61. The Bertz CT molecular complexity index is 1210. The molecule has 0 atom stereocenters. The zero-order chi connectivity index (χ0) is 19.1. The van der Waals surface area contributed by atoms with E-state index in [1.165, 1.54) is 4.68 Å². The lowest BCUT2D eigenvalue weighted by atomic mass is 10.2. The van der Waals surface area contributed by atoms with Crippen molar-refractivity contribution in [1.29, 1.82) is 0 Å². The van der Waals surface area contributed by atoms with Gasteiger partial charge in [0.1, 0.15) is 5.75 Å². The molecule has 136 valence electrons. The van der Waals surface area contributed by atoms with Crippen molar-refractivity contribution in [2.75, 3.05) is 7.11 Å². The molecule has 3 aromatic heterocycles. The summed E-state index contributed by atoms with van der Waals surface area (Å²) in [6.45, 7) is 5.88. The molecule has 27 heavy (non-hydrogen) atoms. The van der Waals surface area contributed by atoms with Crippen LogP contribution in [0.3, 0.4) is 0 Å². The summed E-state index contributed by atoms with van der Waals surface area (Å²) in [5.41, 5.74) is 3.42. The predicted molar refractivity (Wildman–Crippen MR) is 105 cm³/mol. The quantitative estimate of drug-likeness (QED) is 0.561. The fourth-order valence-corrected chi connectivity index (χ4v) is 3.66. The molecule has 0 aliphatic heterocycles. The van der Waals surface area contributed by atoms with Gasteiger partial charge in [0, 0.05) is 34.7 Å². The first-order valence-corrected chi connectivity index (χ1v) is 8.70. The van der Waals surface area contributed by atoms with Crippen LogP contribution in [0.2, 0.25) is 0 Å². The van der Waals surface area contributed by atoms with E-state index in [2.05, 4.69) is 14.6 Å². The number of pyridine rings is 1. The smallest absolute Gasteiger partial charge is 0.282 e. The Morgan fingerprint density at radius 2 is 1.74 bits per heavy atom. The SMILES string of the molecule is COc1cccc(-n2c(C)c3c(C)nn(-c4ccccn4)c(=O)c3c2C)c1. The average molecular weight is 360 g/mol. The standard InChI is InChI=1S/C21H20N4O2/c1-13-19-14(2)24(16-8-7-9-17(12-16)27-4)15(3)20(19)21(26)25(23-13)18-10-5-6-11-22-18/h5-12H,1-4H3. The first-order chi connectivity index (χ1) is 13.0. The van der Waals surface area contributed by atoms with Gasteiger partial charge < -0.3 is 9.30 Å². The van der Waals surface area contributed by atoms with E-state index in [0.29, 0.717) is 11.2 Å². The molecule has 0 N–H and O–H groups in total. The van der Waals surface area contributed by atoms with E-state index in [9.17, 15) is 4.79 Å². The van der Waals surface area contributed by atoms with Crippen LogP contribution in [0.15, 0.2) is 53.5 Å². The maximum absolute atomic E-state index is 13.2. The fourth-order valence-electron chi connectivity index (χ4n) is 3.66. The molecule has 0 aliphatic carbocycles. The molecule has 0 bridgehead atoms. The lowest BCUT2D eigenvalue weighted by Crippen LogP contribution is -2.23. The van der Waals surface area contributed by atoms with Crippen molar-refractivity contribution in [2.45, 2.75) is 20.8 Å². The van der Waals surface area contributed by atoms with Crippen molar-refractivity contribution in [3.63, 3.8) is 0 Å². The number of rotatable bonds is 3. The molecular weight excluding hydrogens is 340 g/mol. The molecule has 0 unspecified atom stereocenters. The molecular formula is C21H20N4O2. The molecule has 4 aromatic rings. The Balaban J connectivity index is 2.06. The molecule has 6 nitrogen and oxygen atoms in total. The van der Waals surface area contributed by atoms with Crippen LogP contribution in [0.5, 0.6) is 5.75 Å². The third-order valence-corrected chi connectivity index (χ3v) is 4.84. The number of aromatic nitrogens is 4. The maximum Gasteiger partial charge on any atom is 0.282 e. The summed E-state index contributed by atoms with van der Waals surface area (Å²) in [6.07, 6.45) is 1.66. The molecule has 1 aromatic carbocycles. The molecule has 0 aliphatic rings. The van der Waals surface area contributed by atoms with E-state index in [0.717, 1.165) is 33.9 Å². The number of hydrogen-bond donors (Lipinski definition) is 0. The van der Waals surface area contributed by atoms with Crippen molar-refractivity contribution >= 4 is 10.8 Å². The number of ether oxygens (including phenoxy) is 1. The van der Waals surface area contributed by atoms with Gasteiger partial charge in [-0.15, -0.1) is 0 Å². The summed E-state index contributed by atoms with van der Waals surface area (Å²) < 4.78 is 8.81. The highest BCUT2D eigenvalue weighted by Gasteiger charge is 2.20. The highest BCUT2D eigenvalue weighted by atomic mass is 16.5. The highest BCUT2D eigenvalue weighted by molar-refractivity contribution is 5.90. The molecule has 0 saturated carbocycles. The zero-order valence-corrected chi connectivity index (χ0v) is 15.7. The number of hydrogen-bond acceptors (Lipinski definition) is 4. The van der Waals surface area contributed by atoms with Crippen LogP contribution in [-0.4, -0.2) is 26.4 Å². The van der Waals surface area contributed by atoms with Crippen molar-refractivity contribution < 1.29 is 4.74 Å². The number of fused-ring (bicyclic) bond motifs is 1. The van der Waals surface area contributed by atoms with Crippen molar-refractivity contribution in [3.05, 3.63) is 76.1 Å². The lowest BCUT2D eigenvalue weighted by Gasteiger charge is -2.10. The van der Waals surface area contributed by atoms with Gasteiger partial charge in [-0.3, -0.25) is 4.79 Å². The fraction of sp³-hybridized carbons (Fsp3) is 0.190. The van der Waals surface area contributed by atoms with Gasteiger partial charge in [-0.1, -0.05) is 12.1 Å². The highest BCUT2D eigenvalue weighted by Crippen LogP contribution is 2.29. The van der Waals surface area contributed by atoms with Gasteiger partial charge in [0.05, 0.1) is 18.2 Å². The Morgan fingerprint density at radius 1 is 0.963 bits per heavy atom. The molecule has 0 radical (unpaired) electrons. The zero-order valence-electron chi connectivity index (χ0n) is 15.7. The number of aryl methyl sites for hydroxylation is 3. The Morgan fingerprint density at radius 3 is 2.44 bits per heavy atom. The topological polar surface area (TPSA) is 61.9 Å². The first-order valence-electron chi connectivity index (χ1n) is 8.70. The van der Waals surface area contributed by atoms with E-state index < -0.39 is 0 Å². The molecule has 0 saturated heterocycles. The maximum atomic E-state index is 13.2. The van der Waals surface area contributed by atoms with E-state index in [1.54, 1.807) is 19.4 Å². The number of methoxy groups -OCH3 is 1. The predicted octanol–water partition coefficient (Wildman–Crippen LogP) is 3.51. The van der Waals surface area contributed by atoms with Crippen LogP contribution in [0.1, 0.15) is 17.1 Å².